The predicted octanol–water partition coefficient (Wildman–Crippen LogP) is 3.02. The van der Waals surface area contributed by atoms with Crippen LogP contribution in [-0.4, -0.2) is 56.9 Å². The number of aliphatic hydroxyl groups excluding tert-OH is 1. The molecule has 0 aliphatic heterocycles. The Balaban J connectivity index is 1.63. The highest BCUT2D eigenvalue weighted by Crippen LogP contribution is 2.29. The Morgan fingerprint density at radius 2 is 2.00 bits per heavy atom. The number of carbonyl (C=O) groups excluding carboxylic acids is 1. The zero-order valence-corrected chi connectivity index (χ0v) is 18.3. The summed E-state index contributed by atoms with van der Waals surface area (Å²) in [6.45, 7) is 0.177. The molecule has 0 aliphatic rings. The Morgan fingerprint density at radius 1 is 1.21 bits per heavy atom. The molecule has 10 heteroatoms. The minimum Gasteiger partial charge on any atom is -0.388 e. The highest BCUT2D eigenvalue weighted by atomic mass is 19.1. The lowest BCUT2D eigenvalue weighted by Crippen LogP contribution is -2.48. The number of amides is 1. The van der Waals surface area contributed by atoms with Gasteiger partial charge in [0.25, 0.3) is 5.91 Å². The number of nitrogens with one attached hydrogen (secondary N) is 2. The van der Waals surface area contributed by atoms with Crippen molar-refractivity contribution in [1.82, 2.24) is 25.3 Å². The van der Waals surface area contributed by atoms with Crippen LogP contribution in [0.2, 0.25) is 0 Å². The third-order valence-corrected chi connectivity index (χ3v) is 5.31. The summed E-state index contributed by atoms with van der Waals surface area (Å²) < 4.78 is 34.8. The van der Waals surface area contributed by atoms with Crippen molar-refractivity contribution >= 4 is 5.91 Å². The fourth-order valence-corrected chi connectivity index (χ4v) is 3.61. The maximum atomic E-state index is 14.9. The van der Waals surface area contributed by atoms with E-state index in [1.54, 1.807) is 41.3 Å². The molecule has 3 N–H and O–H groups in total. The molecule has 0 saturated carbocycles. The third-order valence-electron chi connectivity index (χ3n) is 5.31. The lowest BCUT2D eigenvalue weighted by molar-refractivity contribution is 0.0322. The summed E-state index contributed by atoms with van der Waals surface area (Å²) in [5, 5.41) is 24.3. The number of halogens is 2. The summed E-state index contributed by atoms with van der Waals surface area (Å²) in [5.41, 5.74) is 1.47. The van der Waals surface area contributed by atoms with Gasteiger partial charge in [-0.05, 0) is 48.5 Å². The van der Waals surface area contributed by atoms with E-state index >= 15 is 0 Å². The minimum atomic E-state index is -1.02. The van der Waals surface area contributed by atoms with Crippen LogP contribution in [0.15, 0.2) is 67.0 Å². The second-order valence-corrected chi connectivity index (χ2v) is 7.67. The van der Waals surface area contributed by atoms with Gasteiger partial charge >= 0.3 is 0 Å². The monoisotopic (exact) mass is 467 g/mol. The van der Waals surface area contributed by atoms with E-state index in [1.165, 1.54) is 37.4 Å². The quantitative estimate of drug-likeness (QED) is 0.351. The molecule has 4 aromatic rings. The average molecular weight is 467 g/mol. The fraction of sp³-hybridized carbons (Fsp3) is 0.208. The van der Waals surface area contributed by atoms with E-state index in [0.29, 0.717) is 11.3 Å². The molecule has 2 atom stereocenters. The highest BCUT2D eigenvalue weighted by molar-refractivity contribution is 6.01. The zero-order valence-electron chi connectivity index (χ0n) is 18.3. The van der Waals surface area contributed by atoms with Crippen molar-refractivity contribution in [3.05, 3.63) is 84.2 Å². The van der Waals surface area contributed by atoms with Gasteiger partial charge in [0.15, 0.2) is 0 Å². The van der Waals surface area contributed by atoms with Crippen molar-refractivity contribution < 1.29 is 23.4 Å². The van der Waals surface area contributed by atoms with Crippen molar-refractivity contribution in [2.75, 3.05) is 13.7 Å². The number of hydrogen-bond acceptors (Lipinski definition) is 5. The molecule has 2 heterocycles. The van der Waals surface area contributed by atoms with Crippen LogP contribution in [0.4, 0.5) is 8.78 Å². The number of aliphatic hydroxyl groups is 1. The summed E-state index contributed by atoms with van der Waals surface area (Å²) >= 11 is 0. The van der Waals surface area contributed by atoms with Gasteiger partial charge in [-0.3, -0.25) is 14.6 Å². The molecule has 0 saturated heterocycles. The SMILES string of the molecule is COC[C@@H](O)[C@@H](Cn1cccn1)NC(=O)c1cccc(F)c1-c1cc(-c2ccc(F)cc2)n[nH]1. The molecule has 0 fully saturated rings. The van der Waals surface area contributed by atoms with Gasteiger partial charge in [0, 0.05) is 30.6 Å². The Morgan fingerprint density at radius 3 is 2.71 bits per heavy atom. The molecule has 0 radical (unpaired) electrons. The Hall–Kier alpha value is -3.89. The maximum absolute atomic E-state index is 14.9. The normalized spacial score (nSPS) is 12.9. The van der Waals surface area contributed by atoms with Crippen LogP contribution in [0.25, 0.3) is 22.5 Å². The predicted molar refractivity (Wildman–Crippen MR) is 121 cm³/mol. The summed E-state index contributed by atoms with van der Waals surface area (Å²) in [6.07, 6.45) is 2.27. The maximum Gasteiger partial charge on any atom is 0.252 e. The van der Waals surface area contributed by atoms with Crippen LogP contribution in [0.1, 0.15) is 10.4 Å². The Labute approximate surface area is 194 Å². The van der Waals surface area contributed by atoms with E-state index in [2.05, 4.69) is 20.6 Å². The topological polar surface area (TPSA) is 105 Å². The first-order chi connectivity index (χ1) is 16.5. The van der Waals surface area contributed by atoms with E-state index < -0.39 is 23.9 Å². The molecule has 4 rings (SSSR count). The van der Waals surface area contributed by atoms with Crippen molar-refractivity contribution in [3.8, 4) is 22.5 Å². The first-order valence-corrected chi connectivity index (χ1v) is 10.5. The second-order valence-electron chi connectivity index (χ2n) is 7.67. The van der Waals surface area contributed by atoms with Crippen LogP contribution in [0.3, 0.4) is 0 Å². The Kier molecular flexibility index (Phi) is 7.09. The molecule has 0 unspecified atom stereocenters. The van der Waals surface area contributed by atoms with Gasteiger partial charge in [-0.1, -0.05) is 6.07 Å². The fourth-order valence-electron chi connectivity index (χ4n) is 3.61. The molecule has 0 bridgehead atoms. The van der Waals surface area contributed by atoms with Crippen LogP contribution in [0, 0.1) is 11.6 Å². The van der Waals surface area contributed by atoms with E-state index in [9.17, 15) is 18.7 Å². The van der Waals surface area contributed by atoms with Crippen molar-refractivity contribution in [2.45, 2.75) is 18.7 Å². The number of benzene rings is 2. The molecular formula is C24H23F2N5O3. The molecule has 0 spiro atoms. The van der Waals surface area contributed by atoms with Crippen molar-refractivity contribution in [1.29, 1.82) is 0 Å². The average Bonchev–Trinajstić information content (AvgIpc) is 3.51. The molecule has 2 aromatic carbocycles. The summed E-state index contributed by atoms with van der Waals surface area (Å²) in [6, 6.07) is 12.4. The zero-order chi connectivity index (χ0) is 24.1. The molecule has 2 aromatic heterocycles. The van der Waals surface area contributed by atoms with Gasteiger partial charge in [-0.2, -0.15) is 10.2 Å². The number of ether oxygens (including phenoxy) is 1. The lowest BCUT2D eigenvalue weighted by Gasteiger charge is -2.24. The third kappa shape index (κ3) is 5.19. The first kappa shape index (κ1) is 23.3. The number of nitrogens with zero attached hydrogens (tertiary/aromatic N) is 3. The first-order valence-electron chi connectivity index (χ1n) is 10.5. The summed E-state index contributed by atoms with van der Waals surface area (Å²) in [5.74, 6) is -1.59. The second kappa shape index (κ2) is 10.4. The number of aromatic amines is 1. The van der Waals surface area contributed by atoms with E-state index in [4.69, 9.17) is 4.74 Å². The molecule has 176 valence electrons. The van der Waals surface area contributed by atoms with Crippen LogP contribution in [0.5, 0.6) is 0 Å². The number of H-pyrrole nitrogens is 1. The van der Waals surface area contributed by atoms with Crippen molar-refractivity contribution in [3.63, 3.8) is 0 Å². The van der Waals surface area contributed by atoms with Gasteiger partial charge in [0.05, 0.1) is 42.2 Å². The Bertz CT molecular complexity index is 1240. The van der Waals surface area contributed by atoms with Gasteiger partial charge in [0.1, 0.15) is 11.6 Å². The highest BCUT2D eigenvalue weighted by Gasteiger charge is 2.25. The standard InChI is InChI=1S/C24H23F2N5O3/c1-34-14-22(32)21(13-31-11-3-10-27-31)28-24(33)17-4-2-5-18(26)23(17)20-12-19(29-30-20)15-6-8-16(25)9-7-15/h2-12,21-22,32H,13-14H2,1H3,(H,28,33)(H,29,30)/t21-,22-/m1/s1. The molecule has 0 aliphatic carbocycles. The number of rotatable bonds is 9. The number of carbonyl (C=O) groups is 1. The lowest BCUT2D eigenvalue weighted by atomic mass is 10.0. The number of methoxy groups -OCH3 is 1. The largest absolute Gasteiger partial charge is 0.388 e. The van der Waals surface area contributed by atoms with Gasteiger partial charge < -0.3 is 15.2 Å². The molecule has 1 amide bonds. The van der Waals surface area contributed by atoms with E-state index in [1.807, 2.05) is 0 Å². The van der Waals surface area contributed by atoms with Crippen LogP contribution < -0.4 is 5.32 Å². The number of aromatic nitrogens is 4. The number of hydrogen-bond donors (Lipinski definition) is 3. The van der Waals surface area contributed by atoms with Gasteiger partial charge in [-0.25, -0.2) is 8.78 Å². The summed E-state index contributed by atoms with van der Waals surface area (Å²) in [4.78, 5) is 13.2. The van der Waals surface area contributed by atoms with E-state index in [0.717, 1.165) is 0 Å². The van der Waals surface area contributed by atoms with Crippen molar-refractivity contribution in [2.24, 2.45) is 0 Å². The van der Waals surface area contributed by atoms with Crippen LogP contribution in [-0.2, 0) is 11.3 Å². The van der Waals surface area contributed by atoms with Crippen LogP contribution >= 0.6 is 0 Å². The van der Waals surface area contributed by atoms with Gasteiger partial charge in [0.2, 0.25) is 0 Å². The smallest absolute Gasteiger partial charge is 0.252 e. The molecule has 34 heavy (non-hydrogen) atoms. The summed E-state index contributed by atoms with van der Waals surface area (Å²) in [7, 11) is 1.44. The molecule has 8 nitrogen and oxygen atoms in total. The van der Waals surface area contributed by atoms with E-state index in [-0.39, 0.29) is 35.8 Å². The van der Waals surface area contributed by atoms with Gasteiger partial charge in [-0.15, -0.1) is 0 Å². The minimum absolute atomic E-state index is 0.0101. The molecular weight excluding hydrogens is 444 g/mol.